The quantitative estimate of drug-likeness (QED) is 0.707. The van der Waals surface area contributed by atoms with Crippen LogP contribution in [0.3, 0.4) is 0 Å². The van der Waals surface area contributed by atoms with E-state index in [1.807, 2.05) is 13.1 Å². The van der Waals surface area contributed by atoms with Crippen LogP contribution in [-0.4, -0.2) is 9.97 Å². The molecule has 2 heteroatoms. The SMILES string of the molecule is CCC(C)Cc1cnc(C)[nH]1. The molecule has 0 aromatic carbocycles. The van der Waals surface area contributed by atoms with E-state index in [-0.39, 0.29) is 0 Å². The summed E-state index contributed by atoms with van der Waals surface area (Å²) in [7, 11) is 0. The third-order valence-electron chi connectivity index (χ3n) is 2.02. The number of H-pyrrole nitrogens is 1. The van der Waals surface area contributed by atoms with Gasteiger partial charge >= 0.3 is 0 Å². The van der Waals surface area contributed by atoms with Crippen molar-refractivity contribution in [3.05, 3.63) is 17.7 Å². The highest BCUT2D eigenvalue weighted by Gasteiger charge is 2.02. The van der Waals surface area contributed by atoms with Crippen molar-refractivity contribution in [3.63, 3.8) is 0 Å². The van der Waals surface area contributed by atoms with E-state index in [0.717, 1.165) is 18.2 Å². The summed E-state index contributed by atoms with van der Waals surface area (Å²) in [5, 5.41) is 0. The van der Waals surface area contributed by atoms with Crippen molar-refractivity contribution in [1.29, 1.82) is 0 Å². The molecule has 0 saturated heterocycles. The highest BCUT2D eigenvalue weighted by atomic mass is 14.9. The molecule has 0 aliphatic carbocycles. The van der Waals surface area contributed by atoms with Gasteiger partial charge in [0.1, 0.15) is 5.82 Å². The van der Waals surface area contributed by atoms with Crippen molar-refractivity contribution >= 4 is 0 Å². The summed E-state index contributed by atoms with van der Waals surface area (Å²) in [6, 6.07) is 0. The number of aromatic nitrogens is 2. The van der Waals surface area contributed by atoms with Crippen molar-refractivity contribution in [2.24, 2.45) is 5.92 Å². The van der Waals surface area contributed by atoms with E-state index in [1.165, 1.54) is 12.1 Å². The lowest BCUT2D eigenvalue weighted by Crippen LogP contribution is -1.97. The molecule has 0 spiro atoms. The van der Waals surface area contributed by atoms with Gasteiger partial charge in [-0.15, -0.1) is 0 Å². The smallest absolute Gasteiger partial charge is 0.103 e. The highest BCUT2D eigenvalue weighted by molar-refractivity contribution is 5.00. The molecule has 1 N–H and O–H groups in total. The maximum atomic E-state index is 4.15. The molecule has 0 fully saturated rings. The Morgan fingerprint density at radius 2 is 2.36 bits per heavy atom. The first-order valence-electron chi connectivity index (χ1n) is 4.22. The largest absolute Gasteiger partial charge is 0.346 e. The van der Waals surface area contributed by atoms with Gasteiger partial charge in [-0.2, -0.15) is 0 Å². The Labute approximate surface area is 68.0 Å². The minimum Gasteiger partial charge on any atom is -0.346 e. The first-order valence-corrected chi connectivity index (χ1v) is 4.22. The number of hydrogen-bond donors (Lipinski definition) is 1. The molecule has 0 aliphatic rings. The molecule has 1 aromatic rings. The van der Waals surface area contributed by atoms with E-state index < -0.39 is 0 Å². The Bertz CT molecular complexity index is 215. The molecule has 0 aliphatic heterocycles. The van der Waals surface area contributed by atoms with E-state index in [4.69, 9.17) is 0 Å². The zero-order valence-electron chi connectivity index (χ0n) is 7.52. The lowest BCUT2D eigenvalue weighted by Gasteiger charge is -2.04. The minimum atomic E-state index is 0.759. The summed E-state index contributed by atoms with van der Waals surface area (Å²) in [5.74, 6) is 1.78. The molecule has 1 rings (SSSR count). The monoisotopic (exact) mass is 152 g/mol. The molecule has 0 radical (unpaired) electrons. The van der Waals surface area contributed by atoms with Gasteiger partial charge in [0.2, 0.25) is 0 Å². The molecular formula is C9H16N2. The molecule has 0 bridgehead atoms. The lowest BCUT2D eigenvalue weighted by atomic mass is 10.0. The summed E-state index contributed by atoms with van der Waals surface area (Å²) in [4.78, 5) is 7.38. The average molecular weight is 152 g/mol. The van der Waals surface area contributed by atoms with Crippen molar-refractivity contribution in [2.45, 2.75) is 33.6 Å². The van der Waals surface area contributed by atoms with Gasteiger partial charge in [-0.25, -0.2) is 4.98 Å². The number of nitrogens with one attached hydrogen (secondary N) is 1. The number of nitrogens with zero attached hydrogens (tertiary/aromatic N) is 1. The van der Waals surface area contributed by atoms with Crippen LogP contribution in [0.5, 0.6) is 0 Å². The fourth-order valence-corrected chi connectivity index (χ4v) is 1.10. The van der Waals surface area contributed by atoms with Gasteiger partial charge in [0.05, 0.1) is 0 Å². The predicted octanol–water partition coefficient (Wildman–Crippen LogP) is 2.31. The van der Waals surface area contributed by atoms with Crippen LogP contribution >= 0.6 is 0 Å². The summed E-state index contributed by atoms with van der Waals surface area (Å²) < 4.78 is 0. The van der Waals surface area contributed by atoms with Crippen LogP contribution < -0.4 is 0 Å². The van der Waals surface area contributed by atoms with Gasteiger partial charge < -0.3 is 4.98 Å². The molecule has 62 valence electrons. The second-order valence-corrected chi connectivity index (χ2v) is 3.21. The van der Waals surface area contributed by atoms with Crippen molar-refractivity contribution in [3.8, 4) is 0 Å². The molecule has 1 unspecified atom stereocenters. The predicted molar refractivity (Wildman–Crippen MR) is 46.5 cm³/mol. The third-order valence-corrected chi connectivity index (χ3v) is 2.02. The fraction of sp³-hybridized carbons (Fsp3) is 0.667. The van der Waals surface area contributed by atoms with Gasteiger partial charge in [0.25, 0.3) is 0 Å². The zero-order chi connectivity index (χ0) is 8.27. The van der Waals surface area contributed by atoms with Crippen molar-refractivity contribution < 1.29 is 0 Å². The highest BCUT2D eigenvalue weighted by Crippen LogP contribution is 2.08. The topological polar surface area (TPSA) is 28.7 Å². The maximum Gasteiger partial charge on any atom is 0.103 e. The van der Waals surface area contributed by atoms with Crippen molar-refractivity contribution in [2.75, 3.05) is 0 Å². The summed E-state index contributed by atoms with van der Waals surface area (Å²) >= 11 is 0. The Balaban J connectivity index is 2.50. The normalized spacial score (nSPS) is 13.4. The van der Waals surface area contributed by atoms with E-state index in [9.17, 15) is 0 Å². The van der Waals surface area contributed by atoms with E-state index >= 15 is 0 Å². The van der Waals surface area contributed by atoms with E-state index in [2.05, 4.69) is 23.8 Å². The summed E-state index contributed by atoms with van der Waals surface area (Å²) in [6.45, 7) is 6.46. The second kappa shape index (κ2) is 3.56. The number of aryl methyl sites for hydroxylation is 1. The Morgan fingerprint density at radius 1 is 1.64 bits per heavy atom. The van der Waals surface area contributed by atoms with Gasteiger partial charge in [-0.3, -0.25) is 0 Å². The number of aromatic amines is 1. The first-order chi connectivity index (χ1) is 5.22. The van der Waals surface area contributed by atoms with E-state index in [0.29, 0.717) is 0 Å². The zero-order valence-corrected chi connectivity index (χ0v) is 7.52. The van der Waals surface area contributed by atoms with Crippen LogP contribution in [0.1, 0.15) is 31.8 Å². The molecule has 0 amide bonds. The van der Waals surface area contributed by atoms with Gasteiger partial charge in [-0.05, 0) is 19.3 Å². The Kier molecular flexibility index (Phi) is 2.69. The number of rotatable bonds is 3. The van der Waals surface area contributed by atoms with Crippen LogP contribution in [0, 0.1) is 12.8 Å². The molecule has 11 heavy (non-hydrogen) atoms. The average Bonchev–Trinajstić information content (AvgIpc) is 2.35. The lowest BCUT2D eigenvalue weighted by molar-refractivity contribution is 0.553. The summed E-state index contributed by atoms with van der Waals surface area (Å²) in [6.07, 6.45) is 4.29. The van der Waals surface area contributed by atoms with Crippen LogP contribution in [0.2, 0.25) is 0 Å². The molecule has 1 atom stereocenters. The summed E-state index contributed by atoms with van der Waals surface area (Å²) in [5.41, 5.74) is 1.26. The Hall–Kier alpha value is -0.790. The third kappa shape index (κ3) is 2.37. The van der Waals surface area contributed by atoms with E-state index in [1.54, 1.807) is 0 Å². The number of imidazole rings is 1. The molecular weight excluding hydrogens is 136 g/mol. The Morgan fingerprint density at radius 3 is 2.82 bits per heavy atom. The van der Waals surface area contributed by atoms with Crippen molar-refractivity contribution in [1.82, 2.24) is 9.97 Å². The molecule has 1 aromatic heterocycles. The van der Waals surface area contributed by atoms with Gasteiger partial charge in [0, 0.05) is 11.9 Å². The molecule has 2 nitrogen and oxygen atoms in total. The van der Waals surface area contributed by atoms with Crippen LogP contribution in [0.25, 0.3) is 0 Å². The second-order valence-electron chi connectivity index (χ2n) is 3.21. The minimum absolute atomic E-state index is 0.759. The maximum absolute atomic E-state index is 4.15. The molecule has 0 saturated carbocycles. The van der Waals surface area contributed by atoms with Crippen LogP contribution in [0.15, 0.2) is 6.20 Å². The van der Waals surface area contributed by atoms with Gasteiger partial charge in [0.15, 0.2) is 0 Å². The first kappa shape index (κ1) is 8.31. The standard InChI is InChI=1S/C9H16N2/c1-4-7(2)5-9-6-10-8(3)11-9/h6-7H,4-5H2,1-3H3,(H,10,11). The molecule has 1 heterocycles. The van der Waals surface area contributed by atoms with Gasteiger partial charge in [-0.1, -0.05) is 20.3 Å². The fourth-order valence-electron chi connectivity index (χ4n) is 1.10. The van der Waals surface area contributed by atoms with Crippen LogP contribution in [-0.2, 0) is 6.42 Å². The van der Waals surface area contributed by atoms with Crippen LogP contribution in [0.4, 0.5) is 0 Å². The number of hydrogen-bond acceptors (Lipinski definition) is 1.